The molecule has 0 amide bonds. The molecule has 0 nitrogen and oxygen atoms in total. The Morgan fingerprint density at radius 2 is 1.18 bits per heavy atom. The Hall–Kier alpha value is -2.08. The predicted octanol–water partition coefficient (Wildman–Crippen LogP) is 14.9. The van der Waals surface area contributed by atoms with Crippen LogP contribution in [-0.2, 0) is 0 Å². The first-order chi connectivity index (χ1) is 18.8. The van der Waals surface area contributed by atoms with Gasteiger partial charge in [0.1, 0.15) is 0 Å². The second kappa shape index (κ2) is 39.1. The number of allylic oxidation sites excluding steroid dienone is 11. The Morgan fingerprint density at radius 1 is 0.725 bits per heavy atom. The molecule has 0 heterocycles. The summed E-state index contributed by atoms with van der Waals surface area (Å²) in [6, 6.07) is 0. The van der Waals surface area contributed by atoms with Gasteiger partial charge in [-0.2, -0.15) is 0 Å². The highest BCUT2D eigenvalue weighted by atomic mass is 14.2. The molecular formula is C40H74. The molecule has 40 heavy (non-hydrogen) atoms. The summed E-state index contributed by atoms with van der Waals surface area (Å²) in [7, 11) is 0. The van der Waals surface area contributed by atoms with E-state index >= 15 is 0 Å². The van der Waals surface area contributed by atoms with E-state index in [-0.39, 0.29) is 0 Å². The van der Waals surface area contributed by atoms with Crippen molar-refractivity contribution in [3.63, 3.8) is 0 Å². The van der Waals surface area contributed by atoms with Crippen molar-refractivity contribution in [3.05, 3.63) is 96.7 Å². The average molecular weight is 555 g/mol. The van der Waals surface area contributed by atoms with E-state index in [4.69, 9.17) is 0 Å². The minimum Gasteiger partial charge on any atom is -0.103 e. The Labute approximate surface area is 255 Å². The topological polar surface area (TPSA) is 0 Å². The van der Waals surface area contributed by atoms with Crippen molar-refractivity contribution in [1.82, 2.24) is 0 Å². The number of rotatable bonds is 10. The van der Waals surface area contributed by atoms with Crippen molar-refractivity contribution in [2.24, 2.45) is 5.92 Å². The van der Waals surface area contributed by atoms with Gasteiger partial charge in [0.05, 0.1) is 0 Å². The van der Waals surface area contributed by atoms with Gasteiger partial charge in [0.15, 0.2) is 0 Å². The van der Waals surface area contributed by atoms with E-state index in [9.17, 15) is 0 Å². The Bertz CT molecular complexity index is 686. The molecule has 0 heteroatoms. The van der Waals surface area contributed by atoms with Crippen LogP contribution in [0.15, 0.2) is 96.7 Å². The molecule has 0 N–H and O–H groups in total. The lowest BCUT2D eigenvalue weighted by molar-refractivity contribution is 0.339. The van der Waals surface area contributed by atoms with Crippen LogP contribution in [0.5, 0.6) is 0 Å². The molecule has 0 saturated heterocycles. The summed E-state index contributed by atoms with van der Waals surface area (Å²) in [4.78, 5) is 0. The van der Waals surface area contributed by atoms with Crippen molar-refractivity contribution in [2.75, 3.05) is 0 Å². The van der Waals surface area contributed by atoms with Crippen LogP contribution in [0.25, 0.3) is 0 Å². The van der Waals surface area contributed by atoms with Gasteiger partial charge < -0.3 is 0 Å². The average Bonchev–Trinajstić information content (AvgIpc) is 2.89. The quantitative estimate of drug-likeness (QED) is 0.143. The highest BCUT2D eigenvalue weighted by Crippen LogP contribution is 2.29. The molecule has 0 aromatic carbocycles. The Kier molecular flexibility index (Phi) is 46.6. The van der Waals surface area contributed by atoms with Gasteiger partial charge in [-0.15, -0.1) is 13.2 Å². The fourth-order valence-corrected chi connectivity index (χ4v) is 3.31. The summed E-state index contributed by atoms with van der Waals surface area (Å²) < 4.78 is 0. The van der Waals surface area contributed by atoms with Gasteiger partial charge in [-0.25, -0.2) is 0 Å². The summed E-state index contributed by atoms with van der Waals surface area (Å²) in [5, 5.41) is 0. The van der Waals surface area contributed by atoms with E-state index in [0.717, 1.165) is 17.9 Å². The second-order valence-corrected chi connectivity index (χ2v) is 11.2. The van der Waals surface area contributed by atoms with Crippen molar-refractivity contribution >= 4 is 0 Å². The van der Waals surface area contributed by atoms with Crippen LogP contribution in [0.2, 0.25) is 0 Å². The molecule has 0 unspecified atom stereocenters. The Balaban J connectivity index is -0.000000148. The molecule has 0 spiro atoms. The zero-order valence-electron chi connectivity index (χ0n) is 29.8. The smallest absolute Gasteiger partial charge is 0.0276 e. The molecule has 234 valence electrons. The Morgan fingerprint density at radius 3 is 1.48 bits per heavy atom. The lowest BCUT2D eigenvalue weighted by Gasteiger charge is -2.21. The van der Waals surface area contributed by atoms with Crippen molar-refractivity contribution in [1.29, 1.82) is 0 Å². The van der Waals surface area contributed by atoms with Crippen LogP contribution in [0, 0.1) is 5.92 Å². The molecular weight excluding hydrogens is 480 g/mol. The van der Waals surface area contributed by atoms with Crippen molar-refractivity contribution in [2.45, 2.75) is 154 Å². The summed E-state index contributed by atoms with van der Waals surface area (Å²) in [6.45, 7) is 42.9. The van der Waals surface area contributed by atoms with Crippen LogP contribution in [-0.4, -0.2) is 0 Å². The number of hydrogen-bond acceptors (Lipinski definition) is 0. The van der Waals surface area contributed by atoms with Crippen LogP contribution in [0.4, 0.5) is 0 Å². The minimum absolute atomic E-state index is 0.975. The monoisotopic (exact) mass is 555 g/mol. The van der Waals surface area contributed by atoms with E-state index in [0.29, 0.717) is 0 Å². The first-order valence-electron chi connectivity index (χ1n) is 15.9. The minimum atomic E-state index is 0.975. The molecule has 0 atom stereocenters. The lowest BCUT2D eigenvalue weighted by Crippen LogP contribution is -2.06. The van der Waals surface area contributed by atoms with E-state index < -0.39 is 0 Å². The SMILES string of the molecule is C=C(C)/C=C(\C=C(C)C)CCC1CCCCC1.C=C(C)C.C=CC(=C)C.C=CCC.CC.CCCCC=C(C)C. The summed E-state index contributed by atoms with van der Waals surface area (Å²) in [5.74, 6) is 0.975. The van der Waals surface area contributed by atoms with E-state index in [1.807, 2.05) is 40.7 Å². The van der Waals surface area contributed by atoms with Crippen molar-refractivity contribution < 1.29 is 0 Å². The van der Waals surface area contributed by atoms with E-state index in [1.165, 1.54) is 92.1 Å². The molecule has 1 saturated carbocycles. The molecule has 0 bridgehead atoms. The van der Waals surface area contributed by atoms with Crippen LogP contribution in [0.1, 0.15) is 154 Å². The maximum atomic E-state index is 3.99. The molecule has 1 aliphatic carbocycles. The van der Waals surface area contributed by atoms with Crippen molar-refractivity contribution in [3.8, 4) is 0 Å². The van der Waals surface area contributed by atoms with Gasteiger partial charge in [0.25, 0.3) is 0 Å². The van der Waals surface area contributed by atoms with Gasteiger partial charge in [0, 0.05) is 0 Å². The normalized spacial score (nSPS) is 11.7. The van der Waals surface area contributed by atoms with Gasteiger partial charge in [-0.3, -0.25) is 0 Å². The van der Waals surface area contributed by atoms with Gasteiger partial charge in [-0.05, 0) is 92.6 Å². The highest BCUT2D eigenvalue weighted by Gasteiger charge is 2.13. The first-order valence-corrected chi connectivity index (χ1v) is 15.9. The largest absolute Gasteiger partial charge is 0.103 e. The zero-order valence-corrected chi connectivity index (χ0v) is 29.8. The molecule has 1 fully saturated rings. The lowest BCUT2D eigenvalue weighted by atomic mass is 9.85. The number of unbranched alkanes of at least 4 members (excludes halogenated alkanes) is 2. The third-order valence-corrected chi connectivity index (χ3v) is 5.22. The fraction of sp³-hybridized carbons (Fsp3) is 0.600. The van der Waals surface area contributed by atoms with Crippen LogP contribution in [0.3, 0.4) is 0 Å². The molecule has 0 aromatic rings. The highest BCUT2D eigenvalue weighted by molar-refractivity contribution is 5.29. The molecule has 1 aliphatic rings. The molecule has 0 radical (unpaired) electrons. The predicted molar refractivity (Wildman–Crippen MR) is 194 cm³/mol. The van der Waals surface area contributed by atoms with Gasteiger partial charge >= 0.3 is 0 Å². The molecule has 0 aliphatic heterocycles. The third-order valence-electron chi connectivity index (χ3n) is 5.22. The first kappa shape index (κ1) is 47.7. The van der Waals surface area contributed by atoms with Gasteiger partial charge in [0.2, 0.25) is 0 Å². The third kappa shape index (κ3) is 60.4. The zero-order chi connectivity index (χ0) is 32.4. The maximum Gasteiger partial charge on any atom is -0.0276 e. The van der Waals surface area contributed by atoms with Crippen LogP contribution < -0.4 is 0 Å². The van der Waals surface area contributed by atoms with Crippen LogP contribution >= 0.6 is 0 Å². The summed E-state index contributed by atoms with van der Waals surface area (Å²) in [6.07, 6.45) is 25.3. The fourth-order valence-electron chi connectivity index (χ4n) is 3.31. The number of hydrogen-bond donors (Lipinski definition) is 0. The summed E-state index contributed by atoms with van der Waals surface area (Å²) in [5.41, 5.74) is 7.65. The summed E-state index contributed by atoms with van der Waals surface area (Å²) >= 11 is 0. The van der Waals surface area contributed by atoms with Gasteiger partial charge in [-0.1, -0.05) is 151 Å². The second-order valence-electron chi connectivity index (χ2n) is 11.2. The van der Waals surface area contributed by atoms with E-state index in [1.54, 1.807) is 6.08 Å². The maximum absolute atomic E-state index is 3.99. The standard InChI is InChI=1S/C17H28.C8H16.C5H8.2C4H8.C2H6/c1-14(2)12-17(13-15(3)4)11-10-16-8-6-5-7-9-16;1-4-5-6-7-8(2)3;1-4-5(2)3;1-4(2)3;1-3-4-2;1-2/h12-13,16H,1,5-11H2,2-4H3;7H,4-6H2,1-3H3;4H,1-2H2,3H3;1H2,2-3H3;3H,1,4H2,2H3;1-2H3/b17-12-;;;;;. The molecule has 1 rings (SSSR count). The van der Waals surface area contributed by atoms with E-state index in [2.05, 4.69) is 99.6 Å². The molecule has 0 aromatic heterocycles.